The highest BCUT2D eigenvalue weighted by atomic mass is 19.1. The van der Waals surface area contributed by atoms with Gasteiger partial charge in [0.05, 0.1) is 0 Å². The molecule has 0 aromatic heterocycles. The molecule has 0 aliphatic carbocycles. The molecule has 132 valence electrons. The quantitative estimate of drug-likeness (QED) is 0.899. The number of carbonyl (C=O) groups excluding carboxylic acids is 1. The van der Waals surface area contributed by atoms with Crippen LogP contribution in [0.1, 0.15) is 30.1 Å². The summed E-state index contributed by atoms with van der Waals surface area (Å²) in [6.45, 7) is 2.56. The van der Waals surface area contributed by atoms with E-state index in [1.54, 1.807) is 0 Å². The third-order valence-electron chi connectivity index (χ3n) is 4.59. The van der Waals surface area contributed by atoms with E-state index in [1.165, 1.54) is 23.8 Å². The van der Waals surface area contributed by atoms with Gasteiger partial charge in [0, 0.05) is 31.2 Å². The Hall–Kier alpha value is -2.27. The maximum Gasteiger partial charge on any atom is 0.259 e. The number of likely N-dealkylation sites (tertiary alicyclic amines) is 1. The van der Waals surface area contributed by atoms with Crippen molar-refractivity contribution >= 4 is 5.91 Å². The second kappa shape index (κ2) is 8.21. The van der Waals surface area contributed by atoms with Crippen LogP contribution in [-0.2, 0) is 11.3 Å². The van der Waals surface area contributed by atoms with Gasteiger partial charge in [-0.05, 0) is 24.5 Å². The van der Waals surface area contributed by atoms with Gasteiger partial charge in [0.2, 0.25) is 6.17 Å². The minimum atomic E-state index is -1.97. The lowest BCUT2D eigenvalue weighted by molar-refractivity contribution is -0.127. The summed E-state index contributed by atoms with van der Waals surface area (Å²) in [4.78, 5) is 14.4. The van der Waals surface area contributed by atoms with E-state index in [0.29, 0.717) is 0 Å². The summed E-state index contributed by atoms with van der Waals surface area (Å²) in [5.41, 5.74) is 1.05. The minimum absolute atomic E-state index is 0.0652. The standard InChI is InChI=1S/C20H22F2N2O/c21-18-9-5-4-8-17(18)19(22)20(25)23-16-10-12-24(13-11-16)14-15-6-2-1-3-7-15/h1-9,16,19H,10-14H2,(H,23,25). The first kappa shape index (κ1) is 17.5. The zero-order valence-corrected chi connectivity index (χ0v) is 14.0. The van der Waals surface area contributed by atoms with Crippen molar-refractivity contribution in [2.45, 2.75) is 31.6 Å². The summed E-state index contributed by atoms with van der Waals surface area (Å²) >= 11 is 0. The van der Waals surface area contributed by atoms with Crippen molar-refractivity contribution in [3.63, 3.8) is 0 Å². The molecule has 1 unspecified atom stereocenters. The average molecular weight is 344 g/mol. The van der Waals surface area contributed by atoms with Crippen LogP contribution in [0, 0.1) is 5.82 Å². The number of carbonyl (C=O) groups is 1. The van der Waals surface area contributed by atoms with Crippen molar-refractivity contribution in [1.82, 2.24) is 10.2 Å². The molecule has 1 heterocycles. The first-order valence-corrected chi connectivity index (χ1v) is 8.58. The van der Waals surface area contributed by atoms with Crippen molar-refractivity contribution < 1.29 is 13.6 Å². The summed E-state index contributed by atoms with van der Waals surface area (Å²) in [5.74, 6) is -1.45. The molecule has 1 aliphatic heterocycles. The van der Waals surface area contributed by atoms with Gasteiger partial charge in [0.1, 0.15) is 5.82 Å². The fourth-order valence-corrected chi connectivity index (χ4v) is 3.17. The van der Waals surface area contributed by atoms with E-state index < -0.39 is 17.9 Å². The van der Waals surface area contributed by atoms with Crippen LogP contribution in [0.25, 0.3) is 0 Å². The van der Waals surface area contributed by atoms with Crippen molar-refractivity contribution in [3.8, 4) is 0 Å². The van der Waals surface area contributed by atoms with E-state index >= 15 is 0 Å². The topological polar surface area (TPSA) is 32.3 Å². The highest BCUT2D eigenvalue weighted by molar-refractivity contribution is 5.82. The van der Waals surface area contributed by atoms with E-state index in [4.69, 9.17) is 0 Å². The lowest BCUT2D eigenvalue weighted by atomic mass is 10.0. The van der Waals surface area contributed by atoms with Gasteiger partial charge in [-0.15, -0.1) is 0 Å². The number of rotatable bonds is 5. The molecule has 5 heteroatoms. The van der Waals surface area contributed by atoms with Crippen LogP contribution in [0.5, 0.6) is 0 Å². The van der Waals surface area contributed by atoms with E-state index in [0.717, 1.165) is 38.5 Å². The lowest BCUT2D eigenvalue weighted by Crippen LogP contribution is -2.45. The van der Waals surface area contributed by atoms with Gasteiger partial charge in [0.15, 0.2) is 0 Å². The van der Waals surface area contributed by atoms with Crippen LogP contribution in [0.2, 0.25) is 0 Å². The highest BCUT2D eigenvalue weighted by Crippen LogP contribution is 2.22. The molecule has 1 saturated heterocycles. The number of halogens is 2. The normalized spacial score (nSPS) is 17.2. The number of benzene rings is 2. The van der Waals surface area contributed by atoms with Crippen LogP contribution in [0.3, 0.4) is 0 Å². The predicted molar refractivity (Wildman–Crippen MR) is 93.1 cm³/mol. The molecule has 1 amide bonds. The van der Waals surface area contributed by atoms with Crippen molar-refractivity contribution in [3.05, 3.63) is 71.5 Å². The SMILES string of the molecule is O=C(NC1CCN(Cc2ccccc2)CC1)C(F)c1ccccc1F. The molecule has 2 aromatic rings. The Kier molecular flexibility index (Phi) is 5.76. The molecule has 2 aromatic carbocycles. The average Bonchev–Trinajstić information content (AvgIpc) is 2.64. The molecule has 0 spiro atoms. The molecule has 0 radical (unpaired) electrons. The van der Waals surface area contributed by atoms with Gasteiger partial charge in [-0.2, -0.15) is 0 Å². The van der Waals surface area contributed by atoms with Gasteiger partial charge in [-0.1, -0.05) is 48.5 Å². The lowest BCUT2D eigenvalue weighted by Gasteiger charge is -2.32. The summed E-state index contributed by atoms with van der Waals surface area (Å²) in [7, 11) is 0. The van der Waals surface area contributed by atoms with E-state index in [9.17, 15) is 13.6 Å². The number of piperidine rings is 1. The largest absolute Gasteiger partial charge is 0.350 e. The molecule has 25 heavy (non-hydrogen) atoms. The van der Waals surface area contributed by atoms with Crippen LogP contribution < -0.4 is 5.32 Å². The zero-order chi connectivity index (χ0) is 17.6. The summed E-state index contributed by atoms with van der Waals surface area (Å²) < 4.78 is 27.9. The zero-order valence-electron chi connectivity index (χ0n) is 14.0. The Morgan fingerprint density at radius 3 is 2.40 bits per heavy atom. The maximum atomic E-state index is 14.2. The van der Waals surface area contributed by atoms with Crippen LogP contribution in [-0.4, -0.2) is 29.9 Å². The molecule has 0 saturated carbocycles. The monoisotopic (exact) mass is 344 g/mol. The van der Waals surface area contributed by atoms with Crippen molar-refractivity contribution in [2.24, 2.45) is 0 Å². The molecule has 0 bridgehead atoms. The highest BCUT2D eigenvalue weighted by Gasteiger charge is 2.27. The molecule has 3 nitrogen and oxygen atoms in total. The molecule has 1 N–H and O–H groups in total. The Balaban J connectivity index is 1.48. The number of hydrogen-bond donors (Lipinski definition) is 1. The first-order chi connectivity index (χ1) is 12.1. The van der Waals surface area contributed by atoms with E-state index in [1.807, 2.05) is 18.2 Å². The fourth-order valence-electron chi connectivity index (χ4n) is 3.17. The number of hydrogen-bond acceptors (Lipinski definition) is 2. The van der Waals surface area contributed by atoms with Gasteiger partial charge >= 0.3 is 0 Å². The Bertz CT molecular complexity index is 700. The van der Waals surface area contributed by atoms with Crippen molar-refractivity contribution in [1.29, 1.82) is 0 Å². The van der Waals surface area contributed by atoms with Crippen LogP contribution in [0.15, 0.2) is 54.6 Å². The van der Waals surface area contributed by atoms with Gasteiger partial charge in [0.25, 0.3) is 5.91 Å². The molecular weight excluding hydrogens is 322 g/mol. The fraction of sp³-hybridized carbons (Fsp3) is 0.350. The molecular formula is C20H22F2N2O. The van der Waals surface area contributed by atoms with E-state index in [-0.39, 0.29) is 11.6 Å². The van der Waals surface area contributed by atoms with Crippen LogP contribution >= 0.6 is 0 Å². The third-order valence-corrected chi connectivity index (χ3v) is 4.59. The van der Waals surface area contributed by atoms with Gasteiger partial charge in [-0.25, -0.2) is 8.78 Å². The van der Waals surface area contributed by atoms with Gasteiger partial charge < -0.3 is 5.32 Å². The number of nitrogens with one attached hydrogen (secondary N) is 1. The summed E-state index contributed by atoms with van der Waals surface area (Å²) in [5, 5.41) is 2.72. The second-order valence-electron chi connectivity index (χ2n) is 6.43. The minimum Gasteiger partial charge on any atom is -0.350 e. The number of amides is 1. The molecule has 1 atom stereocenters. The first-order valence-electron chi connectivity index (χ1n) is 8.58. The van der Waals surface area contributed by atoms with E-state index in [2.05, 4.69) is 22.3 Å². The van der Waals surface area contributed by atoms with Gasteiger partial charge in [-0.3, -0.25) is 9.69 Å². The molecule has 3 rings (SSSR count). The third kappa shape index (κ3) is 4.63. The summed E-state index contributed by atoms with van der Waals surface area (Å²) in [6.07, 6.45) is -0.436. The number of nitrogens with zero attached hydrogens (tertiary/aromatic N) is 1. The predicted octanol–water partition coefficient (Wildman–Crippen LogP) is 3.62. The van der Waals surface area contributed by atoms with Crippen LogP contribution in [0.4, 0.5) is 8.78 Å². The van der Waals surface area contributed by atoms with Crippen molar-refractivity contribution in [2.75, 3.05) is 13.1 Å². The smallest absolute Gasteiger partial charge is 0.259 e. The Labute approximate surface area is 146 Å². The second-order valence-corrected chi connectivity index (χ2v) is 6.43. The Morgan fingerprint density at radius 1 is 1.08 bits per heavy atom. The molecule has 1 aliphatic rings. The molecule has 1 fully saturated rings. The number of alkyl halides is 1. The Morgan fingerprint density at radius 2 is 1.72 bits per heavy atom. The summed E-state index contributed by atoms with van der Waals surface area (Å²) in [6, 6.07) is 15.6. The maximum absolute atomic E-state index is 14.2.